The van der Waals surface area contributed by atoms with Gasteiger partial charge in [-0.05, 0) is 25.0 Å². The maximum absolute atomic E-state index is 11.2. The lowest BCUT2D eigenvalue weighted by Crippen LogP contribution is -2.40. The number of hydrogen-bond donors (Lipinski definition) is 0. The first kappa shape index (κ1) is 11.0. The smallest absolute Gasteiger partial charge is 0.272 e. The lowest BCUT2D eigenvalue weighted by atomic mass is 9.94. The summed E-state index contributed by atoms with van der Waals surface area (Å²) in [4.78, 5) is 12.6. The fourth-order valence-corrected chi connectivity index (χ4v) is 2.39. The van der Waals surface area contributed by atoms with Crippen LogP contribution in [0.25, 0.3) is 0 Å². The van der Waals surface area contributed by atoms with E-state index >= 15 is 0 Å². The molecule has 85 valence electrons. The third-order valence-electron chi connectivity index (χ3n) is 3.17. The molecule has 1 amide bonds. The molecule has 16 heavy (non-hydrogen) atoms. The number of para-hydroxylation sites is 1. The van der Waals surface area contributed by atoms with Crippen LogP contribution in [-0.2, 0) is 5.11 Å². The van der Waals surface area contributed by atoms with Crippen molar-refractivity contribution in [1.29, 1.82) is 0 Å². The normalized spacial score (nSPS) is 17.0. The average Bonchev–Trinajstić information content (AvgIpc) is 2.31. The van der Waals surface area contributed by atoms with Gasteiger partial charge in [0.1, 0.15) is 0 Å². The van der Waals surface area contributed by atoms with Crippen LogP contribution < -0.4 is 4.90 Å². The first-order chi connectivity index (χ1) is 7.79. The van der Waals surface area contributed by atoms with Gasteiger partial charge in [-0.15, -0.1) is 0 Å². The molecule has 0 aromatic heterocycles. The molecule has 0 aliphatic heterocycles. The van der Waals surface area contributed by atoms with Crippen LogP contribution in [0.2, 0.25) is 0 Å². The van der Waals surface area contributed by atoms with Crippen molar-refractivity contribution in [1.82, 2.24) is 0 Å². The molecule has 1 radical (unpaired) electrons. The van der Waals surface area contributed by atoms with Crippen molar-refractivity contribution < 1.29 is 9.90 Å². The Morgan fingerprint density at radius 3 is 2.25 bits per heavy atom. The van der Waals surface area contributed by atoms with E-state index in [1.165, 1.54) is 11.3 Å². The zero-order valence-corrected chi connectivity index (χ0v) is 9.26. The van der Waals surface area contributed by atoms with Gasteiger partial charge in [0.25, 0.3) is 0 Å². The van der Waals surface area contributed by atoms with E-state index in [9.17, 15) is 9.90 Å². The van der Waals surface area contributed by atoms with Gasteiger partial charge in [0, 0.05) is 11.7 Å². The predicted octanol–water partition coefficient (Wildman–Crippen LogP) is 3.38. The zero-order valence-electron chi connectivity index (χ0n) is 9.26. The summed E-state index contributed by atoms with van der Waals surface area (Å²) in [5, 5.41) is 11.2. The topological polar surface area (TPSA) is 40.2 Å². The number of carbonyl (C=O) groups is 1. The van der Waals surface area contributed by atoms with Crippen LogP contribution in [0.4, 0.5) is 10.5 Å². The third kappa shape index (κ3) is 2.35. The summed E-state index contributed by atoms with van der Waals surface area (Å²) in [5.74, 6) is 0. The highest BCUT2D eigenvalue weighted by Crippen LogP contribution is 2.27. The van der Waals surface area contributed by atoms with Crippen LogP contribution >= 0.6 is 0 Å². The van der Waals surface area contributed by atoms with Gasteiger partial charge in [-0.2, -0.15) is 0 Å². The van der Waals surface area contributed by atoms with Crippen LogP contribution in [0.15, 0.2) is 30.3 Å². The van der Waals surface area contributed by atoms with E-state index in [4.69, 9.17) is 0 Å². The van der Waals surface area contributed by atoms with Gasteiger partial charge in [-0.25, -0.2) is 9.90 Å². The fraction of sp³-hybridized carbons (Fsp3) is 0.462. The SMILES string of the molecule is [O]C(=O)N(c1ccccc1)C1CCCCC1. The number of rotatable bonds is 2. The summed E-state index contributed by atoms with van der Waals surface area (Å²) in [6.07, 6.45) is 4.25. The van der Waals surface area contributed by atoms with E-state index in [-0.39, 0.29) is 6.04 Å². The van der Waals surface area contributed by atoms with Crippen molar-refractivity contribution in [3.05, 3.63) is 30.3 Å². The highest BCUT2D eigenvalue weighted by molar-refractivity contribution is 5.86. The van der Waals surface area contributed by atoms with Crippen LogP contribution in [0, 0.1) is 0 Å². The average molecular weight is 218 g/mol. The molecule has 0 atom stereocenters. The van der Waals surface area contributed by atoms with Gasteiger partial charge >= 0.3 is 6.09 Å². The molecule has 1 aliphatic rings. The molecule has 0 unspecified atom stereocenters. The second kappa shape index (κ2) is 5.01. The van der Waals surface area contributed by atoms with Gasteiger partial charge < -0.3 is 0 Å². The molecule has 1 aliphatic carbocycles. The molecule has 0 saturated heterocycles. The number of amides is 1. The monoisotopic (exact) mass is 218 g/mol. The minimum absolute atomic E-state index is 0.0983. The van der Waals surface area contributed by atoms with E-state index in [0.29, 0.717) is 0 Å². The maximum atomic E-state index is 11.2. The van der Waals surface area contributed by atoms with Crippen molar-refractivity contribution in [3.63, 3.8) is 0 Å². The molecule has 1 fully saturated rings. The Bertz CT molecular complexity index is 344. The first-order valence-electron chi connectivity index (χ1n) is 5.84. The number of nitrogens with zero attached hydrogens (tertiary/aromatic N) is 1. The highest BCUT2D eigenvalue weighted by atomic mass is 16.4. The van der Waals surface area contributed by atoms with Crippen molar-refractivity contribution in [3.8, 4) is 0 Å². The van der Waals surface area contributed by atoms with E-state index in [1.54, 1.807) is 0 Å². The summed E-state index contributed by atoms with van der Waals surface area (Å²) in [5.41, 5.74) is 0.731. The molecule has 2 rings (SSSR count). The van der Waals surface area contributed by atoms with Gasteiger partial charge in [-0.3, -0.25) is 4.90 Å². The number of carbonyl (C=O) groups excluding carboxylic acids is 1. The Morgan fingerprint density at radius 2 is 1.69 bits per heavy atom. The zero-order chi connectivity index (χ0) is 11.4. The Balaban J connectivity index is 2.20. The lowest BCUT2D eigenvalue weighted by molar-refractivity contribution is 0.171. The molecule has 0 spiro atoms. The highest BCUT2D eigenvalue weighted by Gasteiger charge is 2.27. The number of hydrogen-bond acceptors (Lipinski definition) is 1. The van der Waals surface area contributed by atoms with Crippen LogP contribution in [0.3, 0.4) is 0 Å². The summed E-state index contributed by atoms with van der Waals surface area (Å²) in [7, 11) is 0. The molecule has 0 heterocycles. The minimum Gasteiger partial charge on any atom is -0.272 e. The molecule has 1 saturated carbocycles. The third-order valence-corrected chi connectivity index (χ3v) is 3.17. The Kier molecular flexibility index (Phi) is 3.44. The predicted molar refractivity (Wildman–Crippen MR) is 61.9 cm³/mol. The summed E-state index contributed by atoms with van der Waals surface area (Å²) in [6.45, 7) is 0. The Hall–Kier alpha value is -1.51. The van der Waals surface area contributed by atoms with Crippen molar-refractivity contribution in [2.75, 3.05) is 4.90 Å². The largest absolute Gasteiger partial charge is 0.457 e. The summed E-state index contributed by atoms with van der Waals surface area (Å²) < 4.78 is 0. The van der Waals surface area contributed by atoms with E-state index < -0.39 is 6.09 Å². The quantitative estimate of drug-likeness (QED) is 0.750. The van der Waals surface area contributed by atoms with Crippen molar-refractivity contribution in [2.45, 2.75) is 38.1 Å². The van der Waals surface area contributed by atoms with Gasteiger partial charge in [0.2, 0.25) is 0 Å². The summed E-state index contributed by atoms with van der Waals surface area (Å²) >= 11 is 0. The molecule has 3 heteroatoms. The van der Waals surface area contributed by atoms with Crippen LogP contribution in [-0.4, -0.2) is 12.1 Å². The van der Waals surface area contributed by atoms with Crippen LogP contribution in [0.1, 0.15) is 32.1 Å². The number of benzene rings is 1. The fourth-order valence-electron chi connectivity index (χ4n) is 2.39. The molecule has 0 N–H and O–H groups in total. The second-order valence-electron chi connectivity index (χ2n) is 4.26. The maximum Gasteiger partial charge on any atom is 0.457 e. The van der Waals surface area contributed by atoms with E-state index in [0.717, 1.165) is 31.4 Å². The number of anilines is 1. The van der Waals surface area contributed by atoms with Gasteiger partial charge in [0.15, 0.2) is 0 Å². The molecule has 1 aromatic carbocycles. The lowest BCUT2D eigenvalue weighted by Gasteiger charge is -2.31. The van der Waals surface area contributed by atoms with E-state index in [2.05, 4.69) is 0 Å². The van der Waals surface area contributed by atoms with Crippen LogP contribution in [0.5, 0.6) is 0 Å². The van der Waals surface area contributed by atoms with E-state index in [1.807, 2.05) is 30.3 Å². The summed E-state index contributed by atoms with van der Waals surface area (Å²) in [6, 6.07) is 9.34. The standard InChI is InChI=1S/C13H16NO2/c15-13(16)14(11-7-3-1-4-8-11)12-9-5-2-6-10-12/h1,3-4,7-8,12H,2,5-6,9-10H2. The second-order valence-corrected chi connectivity index (χ2v) is 4.26. The van der Waals surface area contributed by atoms with Gasteiger partial charge in [0.05, 0.1) is 0 Å². The molecule has 0 bridgehead atoms. The van der Waals surface area contributed by atoms with Crippen molar-refractivity contribution in [2.24, 2.45) is 0 Å². The minimum atomic E-state index is -1.09. The first-order valence-corrected chi connectivity index (χ1v) is 5.84. The molecular weight excluding hydrogens is 202 g/mol. The molecule has 1 aromatic rings. The molecular formula is C13H16NO2. The Morgan fingerprint density at radius 1 is 1.06 bits per heavy atom. The molecule has 3 nitrogen and oxygen atoms in total. The van der Waals surface area contributed by atoms with Crippen molar-refractivity contribution >= 4 is 11.8 Å². The van der Waals surface area contributed by atoms with Gasteiger partial charge in [-0.1, -0.05) is 37.5 Å². The Labute approximate surface area is 95.7 Å².